The topological polar surface area (TPSA) is 43.4 Å². The Balaban J connectivity index is 1.56. The van der Waals surface area contributed by atoms with E-state index in [-0.39, 0.29) is 5.82 Å². The summed E-state index contributed by atoms with van der Waals surface area (Å²) in [6, 6.07) is 15.9. The highest BCUT2D eigenvalue weighted by Crippen LogP contribution is 2.29. The standard InChI is InChI=1S/C21H20ClFN2O2/c1-26-20-10-16(12-24-11-15-2-6-18(23)7-3-15)4-8-19(20)27-14-17-5-9-21(22)25-13-17/h2-10,13,24H,11-12,14H2,1H3. The summed E-state index contributed by atoms with van der Waals surface area (Å²) in [5.74, 6) is 1.10. The maximum absolute atomic E-state index is 12.9. The van der Waals surface area contributed by atoms with Crippen LogP contribution in [-0.4, -0.2) is 12.1 Å². The Labute approximate surface area is 162 Å². The molecular weight excluding hydrogens is 367 g/mol. The van der Waals surface area contributed by atoms with E-state index in [0.717, 1.165) is 16.7 Å². The Bertz CT molecular complexity index is 870. The van der Waals surface area contributed by atoms with E-state index < -0.39 is 0 Å². The zero-order chi connectivity index (χ0) is 19.1. The van der Waals surface area contributed by atoms with Crippen molar-refractivity contribution in [2.24, 2.45) is 0 Å². The third kappa shape index (κ3) is 5.67. The summed E-state index contributed by atoms with van der Waals surface area (Å²) in [7, 11) is 1.61. The Morgan fingerprint density at radius 2 is 1.63 bits per heavy atom. The predicted octanol–water partition coefficient (Wildman–Crippen LogP) is 4.75. The third-order valence-corrected chi connectivity index (χ3v) is 4.21. The molecule has 1 aromatic heterocycles. The minimum atomic E-state index is -0.228. The van der Waals surface area contributed by atoms with Crippen molar-refractivity contribution in [2.45, 2.75) is 19.7 Å². The molecule has 0 unspecified atom stereocenters. The van der Waals surface area contributed by atoms with Gasteiger partial charge in [-0.25, -0.2) is 9.37 Å². The van der Waals surface area contributed by atoms with Gasteiger partial charge in [-0.2, -0.15) is 0 Å². The molecule has 0 aliphatic heterocycles. The number of hydrogen-bond acceptors (Lipinski definition) is 4. The Kier molecular flexibility index (Phi) is 6.63. The zero-order valence-corrected chi connectivity index (χ0v) is 15.7. The molecule has 0 saturated heterocycles. The third-order valence-electron chi connectivity index (χ3n) is 3.98. The van der Waals surface area contributed by atoms with E-state index in [0.29, 0.717) is 36.3 Å². The molecular formula is C21H20ClFN2O2. The van der Waals surface area contributed by atoms with Crippen LogP contribution < -0.4 is 14.8 Å². The quantitative estimate of drug-likeness (QED) is 0.567. The second-order valence-corrected chi connectivity index (χ2v) is 6.38. The minimum absolute atomic E-state index is 0.228. The van der Waals surface area contributed by atoms with Gasteiger partial charge in [0.1, 0.15) is 17.6 Å². The van der Waals surface area contributed by atoms with E-state index in [1.807, 2.05) is 24.3 Å². The van der Waals surface area contributed by atoms with Crippen molar-refractivity contribution in [3.8, 4) is 11.5 Å². The summed E-state index contributed by atoms with van der Waals surface area (Å²) < 4.78 is 24.2. The molecule has 0 atom stereocenters. The van der Waals surface area contributed by atoms with E-state index >= 15 is 0 Å². The van der Waals surface area contributed by atoms with Gasteiger partial charge in [-0.1, -0.05) is 35.9 Å². The maximum Gasteiger partial charge on any atom is 0.161 e. The first-order chi connectivity index (χ1) is 13.1. The fourth-order valence-electron chi connectivity index (χ4n) is 2.55. The van der Waals surface area contributed by atoms with Gasteiger partial charge in [0.15, 0.2) is 11.5 Å². The normalized spacial score (nSPS) is 10.6. The van der Waals surface area contributed by atoms with Crippen molar-refractivity contribution in [1.29, 1.82) is 0 Å². The molecule has 0 fully saturated rings. The van der Waals surface area contributed by atoms with Gasteiger partial charge in [-0.05, 0) is 41.5 Å². The van der Waals surface area contributed by atoms with E-state index in [2.05, 4.69) is 10.3 Å². The van der Waals surface area contributed by atoms with Crippen LogP contribution in [0, 0.1) is 5.82 Å². The van der Waals surface area contributed by atoms with Crippen molar-refractivity contribution < 1.29 is 13.9 Å². The highest BCUT2D eigenvalue weighted by molar-refractivity contribution is 6.29. The molecule has 0 saturated carbocycles. The minimum Gasteiger partial charge on any atom is -0.493 e. The highest BCUT2D eigenvalue weighted by Gasteiger charge is 2.07. The number of halogens is 2. The lowest BCUT2D eigenvalue weighted by atomic mass is 10.2. The van der Waals surface area contributed by atoms with Crippen LogP contribution in [0.25, 0.3) is 0 Å². The van der Waals surface area contributed by atoms with E-state index in [1.165, 1.54) is 12.1 Å². The number of benzene rings is 2. The van der Waals surface area contributed by atoms with Gasteiger partial charge in [-0.15, -0.1) is 0 Å². The van der Waals surface area contributed by atoms with Crippen LogP contribution in [0.4, 0.5) is 4.39 Å². The van der Waals surface area contributed by atoms with Gasteiger partial charge in [0, 0.05) is 24.8 Å². The molecule has 0 spiro atoms. The van der Waals surface area contributed by atoms with Crippen LogP contribution in [0.1, 0.15) is 16.7 Å². The van der Waals surface area contributed by atoms with Crippen molar-refractivity contribution in [3.05, 3.63) is 88.5 Å². The molecule has 6 heteroatoms. The zero-order valence-electron chi connectivity index (χ0n) is 14.9. The number of nitrogens with zero attached hydrogens (tertiary/aromatic N) is 1. The second kappa shape index (κ2) is 9.35. The summed E-state index contributed by atoms with van der Waals surface area (Å²) in [6.07, 6.45) is 1.68. The van der Waals surface area contributed by atoms with E-state index in [4.69, 9.17) is 21.1 Å². The Hall–Kier alpha value is -2.63. The monoisotopic (exact) mass is 386 g/mol. The summed E-state index contributed by atoms with van der Waals surface area (Å²) in [4.78, 5) is 4.04. The molecule has 0 aliphatic rings. The van der Waals surface area contributed by atoms with E-state index in [9.17, 15) is 4.39 Å². The van der Waals surface area contributed by atoms with Crippen molar-refractivity contribution >= 4 is 11.6 Å². The van der Waals surface area contributed by atoms with Crippen LogP contribution in [0.15, 0.2) is 60.8 Å². The Morgan fingerprint density at radius 3 is 2.33 bits per heavy atom. The maximum atomic E-state index is 12.9. The molecule has 0 bridgehead atoms. The first-order valence-electron chi connectivity index (χ1n) is 8.49. The van der Waals surface area contributed by atoms with Crippen molar-refractivity contribution in [1.82, 2.24) is 10.3 Å². The van der Waals surface area contributed by atoms with Crippen LogP contribution in [-0.2, 0) is 19.7 Å². The molecule has 4 nitrogen and oxygen atoms in total. The molecule has 1 N–H and O–H groups in total. The molecule has 27 heavy (non-hydrogen) atoms. The van der Waals surface area contributed by atoms with Crippen LogP contribution in [0.2, 0.25) is 5.15 Å². The first kappa shape index (κ1) is 19.1. The first-order valence-corrected chi connectivity index (χ1v) is 8.87. The number of nitrogens with one attached hydrogen (secondary N) is 1. The van der Waals surface area contributed by atoms with Crippen molar-refractivity contribution in [3.63, 3.8) is 0 Å². The van der Waals surface area contributed by atoms with Gasteiger partial charge in [0.25, 0.3) is 0 Å². The lowest BCUT2D eigenvalue weighted by Crippen LogP contribution is -2.12. The summed E-state index contributed by atoms with van der Waals surface area (Å²) in [5, 5.41) is 3.78. The molecule has 3 rings (SSSR count). The lowest BCUT2D eigenvalue weighted by molar-refractivity contribution is 0.284. The summed E-state index contributed by atoms with van der Waals surface area (Å²) in [6.45, 7) is 1.70. The fourth-order valence-corrected chi connectivity index (χ4v) is 2.66. The van der Waals surface area contributed by atoms with Crippen molar-refractivity contribution in [2.75, 3.05) is 7.11 Å². The summed E-state index contributed by atoms with van der Waals surface area (Å²) in [5.41, 5.74) is 3.01. The number of pyridine rings is 1. The molecule has 1 heterocycles. The molecule has 0 aliphatic carbocycles. The predicted molar refractivity (Wildman–Crippen MR) is 104 cm³/mol. The number of hydrogen-bond donors (Lipinski definition) is 1. The number of aromatic nitrogens is 1. The number of rotatable bonds is 8. The number of methoxy groups -OCH3 is 1. The molecule has 0 radical (unpaired) electrons. The molecule has 3 aromatic rings. The highest BCUT2D eigenvalue weighted by atomic mass is 35.5. The summed E-state index contributed by atoms with van der Waals surface area (Å²) >= 11 is 5.79. The van der Waals surface area contributed by atoms with Gasteiger partial charge < -0.3 is 14.8 Å². The number of ether oxygens (including phenoxy) is 2. The average Bonchev–Trinajstić information content (AvgIpc) is 2.69. The molecule has 140 valence electrons. The van der Waals surface area contributed by atoms with E-state index in [1.54, 1.807) is 31.5 Å². The second-order valence-electron chi connectivity index (χ2n) is 5.99. The lowest BCUT2D eigenvalue weighted by Gasteiger charge is -2.13. The van der Waals surface area contributed by atoms with Gasteiger partial charge >= 0.3 is 0 Å². The van der Waals surface area contributed by atoms with Gasteiger partial charge in [0.05, 0.1) is 7.11 Å². The molecule has 0 amide bonds. The smallest absolute Gasteiger partial charge is 0.161 e. The SMILES string of the molecule is COc1cc(CNCc2ccc(F)cc2)ccc1OCc1ccc(Cl)nc1. The van der Waals surface area contributed by atoms with Gasteiger partial charge in [0.2, 0.25) is 0 Å². The van der Waals surface area contributed by atoms with Crippen LogP contribution in [0.5, 0.6) is 11.5 Å². The fraction of sp³-hybridized carbons (Fsp3) is 0.190. The average molecular weight is 387 g/mol. The van der Waals surface area contributed by atoms with Crippen LogP contribution >= 0.6 is 11.6 Å². The molecule has 2 aromatic carbocycles. The Morgan fingerprint density at radius 1 is 0.926 bits per heavy atom. The van der Waals surface area contributed by atoms with Crippen LogP contribution in [0.3, 0.4) is 0 Å². The largest absolute Gasteiger partial charge is 0.493 e. The van der Waals surface area contributed by atoms with Gasteiger partial charge in [-0.3, -0.25) is 0 Å².